The van der Waals surface area contributed by atoms with Crippen LogP contribution < -0.4 is 10.5 Å². The molecular weight excluding hydrogens is 250 g/mol. The Bertz CT molecular complexity index is 723. The molecule has 0 saturated carbocycles. The second-order valence-electron chi connectivity index (χ2n) is 4.67. The van der Waals surface area contributed by atoms with Gasteiger partial charge in [0.1, 0.15) is 11.5 Å². The highest BCUT2D eigenvalue weighted by Crippen LogP contribution is 2.24. The van der Waals surface area contributed by atoms with Gasteiger partial charge in [0.15, 0.2) is 0 Å². The molecule has 0 aliphatic heterocycles. The molecule has 0 radical (unpaired) electrons. The van der Waals surface area contributed by atoms with Gasteiger partial charge in [-0.25, -0.2) is 0 Å². The van der Waals surface area contributed by atoms with Crippen molar-refractivity contribution in [1.82, 2.24) is 9.97 Å². The number of para-hydroxylation sites is 1. The molecule has 0 bridgehead atoms. The minimum atomic E-state index is -0.0774. The number of nitrogens with zero attached hydrogens (tertiary/aromatic N) is 2. The van der Waals surface area contributed by atoms with Crippen LogP contribution in [0.5, 0.6) is 11.5 Å². The van der Waals surface area contributed by atoms with Crippen molar-refractivity contribution in [2.75, 3.05) is 0 Å². The summed E-state index contributed by atoms with van der Waals surface area (Å²) in [4.78, 5) is 8.62. The molecule has 1 unspecified atom stereocenters. The van der Waals surface area contributed by atoms with Gasteiger partial charge >= 0.3 is 0 Å². The van der Waals surface area contributed by atoms with Crippen LogP contribution in [0.4, 0.5) is 0 Å². The molecule has 0 spiro atoms. The van der Waals surface area contributed by atoms with E-state index >= 15 is 0 Å². The van der Waals surface area contributed by atoms with Crippen LogP contribution in [0.15, 0.2) is 54.9 Å². The lowest BCUT2D eigenvalue weighted by atomic mass is 10.2. The van der Waals surface area contributed by atoms with E-state index in [-0.39, 0.29) is 6.04 Å². The Morgan fingerprint density at radius 3 is 2.55 bits per heavy atom. The van der Waals surface area contributed by atoms with Gasteiger partial charge in [0.25, 0.3) is 0 Å². The Kier molecular flexibility index (Phi) is 3.31. The molecule has 0 saturated heterocycles. The van der Waals surface area contributed by atoms with E-state index in [4.69, 9.17) is 10.5 Å². The van der Waals surface area contributed by atoms with E-state index in [0.29, 0.717) is 11.5 Å². The molecule has 100 valence electrons. The molecular formula is C16H15N3O. The number of hydrogen-bond donors (Lipinski definition) is 1. The summed E-state index contributed by atoms with van der Waals surface area (Å²) in [6.45, 7) is 1.90. The molecule has 3 aromatic rings. The second kappa shape index (κ2) is 5.27. The Balaban J connectivity index is 1.85. The Hall–Kier alpha value is -2.46. The second-order valence-corrected chi connectivity index (χ2v) is 4.67. The van der Waals surface area contributed by atoms with E-state index in [0.717, 1.165) is 16.6 Å². The third-order valence-corrected chi connectivity index (χ3v) is 3.03. The summed E-state index contributed by atoms with van der Waals surface area (Å²) in [6, 6.07) is 13.5. The van der Waals surface area contributed by atoms with Crippen LogP contribution in [0.2, 0.25) is 0 Å². The van der Waals surface area contributed by atoms with Crippen LogP contribution in [0.3, 0.4) is 0 Å². The van der Waals surface area contributed by atoms with Crippen molar-refractivity contribution in [3.63, 3.8) is 0 Å². The zero-order chi connectivity index (χ0) is 13.9. The lowest BCUT2D eigenvalue weighted by molar-refractivity contribution is 0.478. The van der Waals surface area contributed by atoms with E-state index in [1.54, 1.807) is 12.4 Å². The van der Waals surface area contributed by atoms with Gasteiger partial charge in [0, 0.05) is 11.4 Å². The predicted octanol–water partition coefficient (Wildman–Crippen LogP) is 3.44. The third kappa shape index (κ3) is 2.60. The largest absolute Gasteiger partial charge is 0.454 e. The van der Waals surface area contributed by atoms with Crippen LogP contribution in [-0.2, 0) is 0 Å². The summed E-state index contributed by atoms with van der Waals surface area (Å²) in [5, 5.41) is 1.05. The fraction of sp³-hybridized carbons (Fsp3) is 0.125. The van der Waals surface area contributed by atoms with Crippen LogP contribution >= 0.6 is 0 Å². The average Bonchev–Trinajstić information content (AvgIpc) is 2.48. The van der Waals surface area contributed by atoms with E-state index < -0.39 is 0 Å². The lowest BCUT2D eigenvalue weighted by Gasteiger charge is -2.08. The smallest absolute Gasteiger partial charge is 0.146 e. The maximum absolute atomic E-state index is 5.77. The number of benzene rings is 1. The Morgan fingerprint density at radius 2 is 1.80 bits per heavy atom. The molecule has 0 fully saturated rings. The average molecular weight is 265 g/mol. The molecule has 2 N–H and O–H groups in total. The molecule has 3 rings (SSSR count). The topological polar surface area (TPSA) is 61.0 Å². The molecule has 0 aliphatic carbocycles. The summed E-state index contributed by atoms with van der Waals surface area (Å²) in [5.41, 5.74) is 7.56. The summed E-state index contributed by atoms with van der Waals surface area (Å²) >= 11 is 0. The quantitative estimate of drug-likeness (QED) is 0.788. The molecule has 4 heteroatoms. The number of fused-ring (bicyclic) bond motifs is 1. The van der Waals surface area contributed by atoms with Crippen LogP contribution in [0.1, 0.15) is 18.7 Å². The number of nitrogens with two attached hydrogens (primary N) is 1. The number of aromatic nitrogens is 2. The van der Waals surface area contributed by atoms with Crippen molar-refractivity contribution in [3.8, 4) is 11.5 Å². The van der Waals surface area contributed by atoms with Gasteiger partial charge in [-0.05, 0) is 31.2 Å². The maximum atomic E-state index is 5.77. The SMILES string of the molecule is CC(N)c1ccc(Oc2cnc3ccccc3c2)cn1. The molecule has 0 aliphatic rings. The van der Waals surface area contributed by atoms with Gasteiger partial charge < -0.3 is 10.5 Å². The first-order chi connectivity index (χ1) is 9.72. The van der Waals surface area contributed by atoms with Gasteiger partial charge in [-0.2, -0.15) is 0 Å². The predicted molar refractivity (Wildman–Crippen MR) is 78.7 cm³/mol. The first kappa shape index (κ1) is 12.6. The first-order valence-corrected chi connectivity index (χ1v) is 6.46. The van der Waals surface area contributed by atoms with Gasteiger partial charge in [0.2, 0.25) is 0 Å². The highest BCUT2D eigenvalue weighted by Gasteiger charge is 2.03. The maximum Gasteiger partial charge on any atom is 0.146 e. The zero-order valence-corrected chi connectivity index (χ0v) is 11.2. The van der Waals surface area contributed by atoms with Crippen LogP contribution in [0.25, 0.3) is 10.9 Å². The molecule has 4 nitrogen and oxygen atoms in total. The van der Waals surface area contributed by atoms with Crippen molar-refractivity contribution in [1.29, 1.82) is 0 Å². The van der Waals surface area contributed by atoms with E-state index in [9.17, 15) is 0 Å². The van der Waals surface area contributed by atoms with Gasteiger partial charge in [-0.1, -0.05) is 18.2 Å². The van der Waals surface area contributed by atoms with E-state index in [2.05, 4.69) is 9.97 Å². The van der Waals surface area contributed by atoms with Crippen molar-refractivity contribution in [2.24, 2.45) is 5.73 Å². The highest BCUT2D eigenvalue weighted by atomic mass is 16.5. The normalized spacial score (nSPS) is 12.3. The third-order valence-electron chi connectivity index (χ3n) is 3.03. The van der Waals surface area contributed by atoms with Crippen LogP contribution in [0, 0.1) is 0 Å². The van der Waals surface area contributed by atoms with Crippen molar-refractivity contribution in [2.45, 2.75) is 13.0 Å². The number of rotatable bonds is 3. The molecule has 2 heterocycles. The first-order valence-electron chi connectivity index (χ1n) is 6.46. The van der Waals surface area contributed by atoms with Crippen molar-refractivity contribution < 1.29 is 4.74 Å². The molecule has 2 aromatic heterocycles. The Labute approximate surface area is 117 Å². The van der Waals surface area contributed by atoms with E-state index in [1.807, 2.05) is 49.4 Å². The van der Waals surface area contributed by atoms with Crippen molar-refractivity contribution >= 4 is 10.9 Å². The number of hydrogen-bond acceptors (Lipinski definition) is 4. The summed E-state index contributed by atoms with van der Waals surface area (Å²) in [5.74, 6) is 1.37. The number of pyridine rings is 2. The Morgan fingerprint density at radius 1 is 1.00 bits per heavy atom. The summed E-state index contributed by atoms with van der Waals surface area (Å²) < 4.78 is 5.76. The molecule has 1 atom stereocenters. The zero-order valence-electron chi connectivity index (χ0n) is 11.2. The van der Waals surface area contributed by atoms with Gasteiger partial charge in [0.05, 0.1) is 23.6 Å². The number of ether oxygens (including phenoxy) is 1. The monoisotopic (exact) mass is 265 g/mol. The fourth-order valence-corrected chi connectivity index (χ4v) is 1.96. The highest BCUT2D eigenvalue weighted by molar-refractivity contribution is 5.79. The summed E-state index contributed by atoms with van der Waals surface area (Å²) in [7, 11) is 0. The minimum Gasteiger partial charge on any atom is -0.454 e. The van der Waals surface area contributed by atoms with Gasteiger partial charge in [-0.15, -0.1) is 0 Å². The lowest BCUT2D eigenvalue weighted by Crippen LogP contribution is -2.06. The van der Waals surface area contributed by atoms with Gasteiger partial charge in [-0.3, -0.25) is 9.97 Å². The van der Waals surface area contributed by atoms with Crippen LogP contribution in [-0.4, -0.2) is 9.97 Å². The van der Waals surface area contributed by atoms with Crippen molar-refractivity contribution in [3.05, 3.63) is 60.6 Å². The molecule has 20 heavy (non-hydrogen) atoms. The summed E-state index contributed by atoms with van der Waals surface area (Å²) in [6.07, 6.45) is 3.38. The standard InChI is InChI=1S/C16H15N3O/c1-11(17)15-7-6-13(9-18-15)20-14-8-12-4-2-3-5-16(12)19-10-14/h2-11H,17H2,1H3. The fourth-order valence-electron chi connectivity index (χ4n) is 1.96. The molecule has 1 aromatic carbocycles. The van der Waals surface area contributed by atoms with E-state index in [1.165, 1.54) is 0 Å². The minimum absolute atomic E-state index is 0.0774. The molecule has 0 amide bonds.